The Bertz CT molecular complexity index is 874. The quantitative estimate of drug-likeness (QED) is 0.276. The van der Waals surface area contributed by atoms with Crippen LogP contribution in [0, 0.1) is 28.6 Å². The Morgan fingerprint density at radius 1 is 1.29 bits per heavy atom. The van der Waals surface area contributed by atoms with Crippen LogP contribution in [0.5, 0.6) is 0 Å². The fourth-order valence-electron chi connectivity index (χ4n) is 5.85. The topological polar surface area (TPSA) is 78.9 Å². The number of ether oxygens (including phenoxy) is 3. The van der Waals surface area contributed by atoms with Gasteiger partial charge >= 0.3 is 11.9 Å². The molecule has 0 aromatic rings. The molecule has 5 atom stereocenters. The van der Waals surface area contributed by atoms with Crippen LogP contribution in [0.4, 0.5) is 0 Å². The van der Waals surface area contributed by atoms with Gasteiger partial charge in [0.25, 0.3) is 0 Å². The van der Waals surface area contributed by atoms with Crippen LogP contribution < -0.4 is 0 Å². The van der Waals surface area contributed by atoms with E-state index in [2.05, 4.69) is 6.92 Å². The lowest BCUT2D eigenvalue weighted by Crippen LogP contribution is -2.61. The van der Waals surface area contributed by atoms with Crippen LogP contribution in [0.1, 0.15) is 60.8 Å². The number of allylic oxidation sites excluding steroid dienone is 3. The van der Waals surface area contributed by atoms with Gasteiger partial charge in [-0.3, -0.25) is 9.59 Å². The first kappa shape index (κ1) is 23.5. The molecule has 2 bridgehead atoms. The van der Waals surface area contributed by atoms with Gasteiger partial charge in [-0.05, 0) is 77.4 Å². The van der Waals surface area contributed by atoms with Gasteiger partial charge in [-0.15, -0.1) is 0 Å². The number of hydrogen-bond donors (Lipinski definition) is 0. The van der Waals surface area contributed by atoms with Crippen molar-refractivity contribution >= 4 is 17.7 Å². The third-order valence-corrected chi connectivity index (χ3v) is 7.49. The van der Waals surface area contributed by atoms with Gasteiger partial charge in [-0.2, -0.15) is 0 Å². The molecule has 3 aliphatic rings. The first-order valence-electron chi connectivity index (χ1n) is 10.9. The van der Waals surface area contributed by atoms with Crippen molar-refractivity contribution in [1.29, 1.82) is 0 Å². The molecule has 0 amide bonds. The Kier molecular flexibility index (Phi) is 6.09. The van der Waals surface area contributed by atoms with Gasteiger partial charge in [-0.1, -0.05) is 12.5 Å². The second kappa shape index (κ2) is 8.05. The van der Waals surface area contributed by atoms with E-state index in [1.54, 1.807) is 26.2 Å². The van der Waals surface area contributed by atoms with Gasteiger partial charge in [-0.25, -0.2) is 4.79 Å². The van der Waals surface area contributed by atoms with Gasteiger partial charge in [0.1, 0.15) is 5.76 Å². The molecule has 0 N–H and O–H groups in total. The first-order chi connectivity index (χ1) is 14.4. The van der Waals surface area contributed by atoms with Crippen molar-refractivity contribution < 1.29 is 28.6 Å². The van der Waals surface area contributed by atoms with Crippen molar-refractivity contribution in [3.05, 3.63) is 35.8 Å². The smallest absolute Gasteiger partial charge is 0.335 e. The molecular formula is C25H34O6. The first-order valence-corrected chi connectivity index (χ1v) is 10.9. The molecule has 0 radical (unpaired) electrons. The third kappa shape index (κ3) is 3.91. The molecule has 2 aliphatic carbocycles. The number of hydrogen-bond acceptors (Lipinski definition) is 6. The molecule has 1 aliphatic heterocycles. The summed E-state index contributed by atoms with van der Waals surface area (Å²) in [5.41, 5.74) is -1.37. The van der Waals surface area contributed by atoms with Gasteiger partial charge in [0.2, 0.25) is 0 Å². The summed E-state index contributed by atoms with van der Waals surface area (Å²) in [6.07, 6.45) is 8.42. The maximum atomic E-state index is 13.9. The summed E-state index contributed by atoms with van der Waals surface area (Å²) < 4.78 is 16.4. The average molecular weight is 431 g/mol. The summed E-state index contributed by atoms with van der Waals surface area (Å²) in [7, 11) is 1.66. The molecule has 170 valence electrons. The highest BCUT2D eigenvalue weighted by Gasteiger charge is 2.67. The normalized spacial score (nSPS) is 35.2. The van der Waals surface area contributed by atoms with Crippen molar-refractivity contribution in [3.8, 4) is 0 Å². The van der Waals surface area contributed by atoms with Gasteiger partial charge in [0, 0.05) is 25.0 Å². The third-order valence-electron chi connectivity index (χ3n) is 7.49. The maximum Gasteiger partial charge on any atom is 0.335 e. The zero-order chi connectivity index (χ0) is 23.2. The standard InChI is InChI=1S/C25H34O6/c1-15(2)12-20(26)30-11-9-19-24(6)10-8-18(23(4,5)29-7)17(14-24)21(27)25(19)13-16(3)31-22(25)28/h9,11-13,17-19H,8,10,14H2,1-7H3/b11-9+/t17-,18+,19+,24-,25-/m0/s1. The lowest BCUT2D eigenvalue weighted by Gasteiger charge is -2.57. The summed E-state index contributed by atoms with van der Waals surface area (Å²) in [5, 5.41) is 0. The monoisotopic (exact) mass is 430 g/mol. The van der Waals surface area contributed by atoms with E-state index in [0.29, 0.717) is 12.2 Å². The molecule has 6 nitrogen and oxygen atoms in total. The predicted molar refractivity (Wildman–Crippen MR) is 115 cm³/mol. The van der Waals surface area contributed by atoms with Crippen molar-refractivity contribution in [2.75, 3.05) is 7.11 Å². The minimum atomic E-state index is -1.40. The Balaban J connectivity index is 2.03. The Labute approximate surface area is 184 Å². The van der Waals surface area contributed by atoms with Crippen LogP contribution in [0.15, 0.2) is 35.8 Å². The van der Waals surface area contributed by atoms with E-state index >= 15 is 0 Å². The highest BCUT2D eigenvalue weighted by molar-refractivity contribution is 6.10. The van der Waals surface area contributed by atoms with Crippen molar-refractivity contribution in [3.63, 3.8) is 0 Å². The molecule has 6 heteroatoms. The molecule has 31 heavy (non-hydrogen) atoms. The second-order valence-electron chi connectivity index (χ2n) is 10.3. The Hall–Kier alpha value is -2.21. The number of Topliss-reactive ketones (excluding diaryl/α,β-unsaturated/α-hetero) is 1. The van der Waals surface area contributed by atoms with Crippen LogP contribution in [0.2, 0.25) is 0 Å². The minimum Gasteiger partial charge on any atom is -0.432 e. The van der Waals surface area contributed by atoms with E-state index in [1.807, 2.05) is 27.7 Å². The van der Waals surface area contributed by atoms with E-state index in [-0.39, 0.29) is 23.0 Å². The highest BCUT2D eigenvalue weighted by Crippen LogP contribution is 2.63. The number of methoxy groups -OCH3 is 1. The number of rotatable bonds is 5. The summed E-state index contributed by atoms with van der Waals surface area (Å²) in [5.74, 6) is -1.45. The predicted octanol–water partition coefficient (Wildman–Crippen LogP) is 4.50. The summed E-state index contributed by atoms with van der Waals surface area (Å²) in [6, 6.07) is 0. The van der Waals surface area contributed by atoms with E-state index in [4.69, 9.17) is 14.2 Å². The minimum absolute atomic E-state index is 0.0116. The molecule has 2 saturated carbocycles. The molecule has 0 aromatic carbocycles. The molecule has 0 aromatic heterocycles. The highest BCUT2D eigenvalue weighted by atomic mass is 16.5. The zero-order valence-corrected chi connectivity index (χ0v) is 19.6. The lowest BCUT2D eigenvalue weighted by molar-refractivity contribution is -0.174. The van der Waals surface area contributed by atoms with Crippen LogP contribution in [-0.4, -0.2) is 30.4 Å². The van der Waals surface area contributed by atoms with Crippen molar-refractivity contribution in [1.82, 2.24) is 0 Å². The molecule has 2 fully saturated rings. The van der Waals surface area contributed by atoms with E-state index in [9.17, 15) is 14.4 Å². The Morgan fingerprint density at radius 2 is 1.97 bits per heavy atom. The molecule has 1 heterocycles. The number of esters is 2. The molecule has 0 saturated heterocycles. The van der Waals surface area contributed by atoms with E-state index < -0.39 is 28.9 Å². The van der Waals surface area contributed by atoms with Crippen molar-refractivity contribution in [2.24, 2.45) is 28.6 Å². The molecule has 0 unspecified atom stereocenters. The fraction of sp³-hybridized carbons (Fsp3) is 0.640. The van der Waals surface area contributed by atoms with Gasteiger partial charge < -0.3 is 14.2 Å². The van der Waals surface area contributed by atoms with E-state index in [1.165, 1.54) is 12.3 Å². The van der Waals surface area contributed by atoms with E-state index in [0.717, 1.165) is 18.4 Å². The number of fused-ring (bicyclic) bond motifs is 2. The van der Waals surface area contributed by atoms with Crippen LogP contribution in [0.3, 0.4) is 0 Å². The summed E-state index contributed by atoms with van der Waals surface area (Å²) in [4.78, 5) is 39.0. The largest absolute Gasteiger partial charge is 0.432 e. The number of cyclic esters (lactones) is 1. The van der Waals surface area contributed by atoms with Crippen molar-refractivity contribution in [2.45, 2.75) is 66.4 Å². The maximum absolute atomic E-state index is 13.9. The van der Waals surface area contributed by atoms with Gasteiger partial charge in [0.05, 0.1) is 11.9 Å². The van der Waals surface area contributed by atoms with Crippen LogP contribution in [-0.2, 0) is 28.6 Å². The average Bonchev–Trinajstić information content (AvgIpc) is 2.97. The SMILES string of the molecule is COC(C)(C)[C@@H]1CC[C@@]2(C)C[C@@H]1C(=O)[C@]1(C=C(C)OC1=O)[C@@H]2/C=C/OC(=O)C=C(C)C. The zero-order valence-electron chi connectivity index (χ0n) is 19.6. The summed E-state index contributed by atoms with van der Waals surface area (Å²) >= 11 is 0. The van der Waals surface area contributed by atoms with Gasteiger partial charge in [0.15, 0.2) is 11.2 Å². The van der Waals surface area contributed by atoms with Crippen LogP contribution >= 0.6 is 0 Å². The number of carbonyl (C=O) groups excluding carboxylic acids is 3. The lowest BCUT2D eigenvalue weighted by atomic mass is 9.45. The number of carbonyl (C=O) groups is 3. The molecule has 1 spiro atoms. The Morgan fingerprint density at radius 3 is 2.52 bits per heavy atom. The second-order valence-corrected chi connectivity index (χ2v) is 10.3. The summed E-state index contributed by atoms with van der Waals surface area (Å²) in [6.45, 7) is 11.4. The fourth-order valence-corrected chi connectivity index (χ4v) is 5.85. The molecular weight excluding hydrogens is 396 g/mol. The van der Waals surface area contributed by atoms with Crippen LogP contribution in [0.25, 0.3) is 0 Å². The number of ketones is 1. The molecule has 3 rings (SSSR count).